The van der Waals surface area contributed by atoms with Crippen molar-refractivity contribution in [1.82, 2.24) is 0 Å². The van der Waals surface area contributed by atoms with E-state index < -0.39 is 11.0 Å². The number of aliphatic hydroxyl groups is 1. The van der Waals surface area contributed by atoms with Crippen LogP contribution in [0.25, 0.3) is 0 Å². The van der Waals surface area contributed by atoms with Crippen molar-refractivity contribution in [2.24, 2.45) is 0 Å². The summed E-state index contributed by atoms with van der Waals surface area (Å²) in [5, 5.41) is 20.9. The van der Waals surface area contributed by atoms with Gasteiger partial charge < -0.3 is 9.52 Å². The number of hydrogen-bond donors (Lipinski definition) is 1. The van der Waals surface area contributed by atoms with Gasteiger partial charge in [-0.25, -0.2) is 0 Å². The van der Waals surface area contributed by atoms with Crippen LogP contribution in [0.1, 0.15) is 17.4 Å². The molecule has 1 aromatic heterocycles. The quantitative estimate of drug-likeness (QED) is 0.682. The Kier molecular flexibility index (Phi) is 3.64. The van der Waals surface area contributed by atoms with Crippen molar-refractivity contribution >= 4 is 17.3 Å². The van der Waals surface area contributed by atoms with Crippen LogP contribution in [-0.2, 0) is 6.42 Å². The molecule has 0 amide bonds. The summed E-state index contributed by atoms with van der Waals surface area (Å²) in [5.74, 6) is 0.290. The van der Waals surface area contributed by atoms with Crippen LogP contribution in [0, 0.1) is 10.1 Å². The number of nitrogens with zero attached hydrogens (tertiary/aromatic N) is 1. The van der Waals surface area contributed by atoms with Crippen molar-refractivity contribution in [3.05, 3.63) is 63.1 Å². The first-order chi connectivity index (χ1) is 8.58. The minimum Gasteiger partial charge on any atom is -0.447 e. The van der Waals surface area contributed by atoms with E-state index in [0.29, 0.717) is 5.56 Å². The SMILES string of the molecule is O=[N+]([O-])c1ccccc1CC(O)c1ccc(Cl)o1. The van der Waals surface area contributed by atoms with Gasteiger partial charge in [0.15, 0.2) is 5.22 Å². The van der Waals surface area contributed by atoms with Gasteiger partial charge in [-0.1, -0.05) is 18.2 Å². The third-order valence-electron chi connectivity index (χ3n) is 2.52. The number of para-hydroxylation sites is 1. The summed E-state index contributed by atoms with van der Waals surface area (Å²) in [6.07, 6.45) is -0.861. The number of aliphatic hydroxyl groups excluding tert-OH is 1. The van der Waals surface area contributed by atoms with Crippen LogP contribution in [0.3, 0.4) is 0 Å². The zero-order chi connectivity index (χ0) is 13.1. The molecule has 1 aromatic carbocycles. The van der Waals surface area contributed by atoms with Gasteiger partial charge in [-0.3, -0.25) is 10.1 Å². The monoisotopic (exact) mass is 267 g/mol. The molecule has 0 radical (unpaired) electrons. The fourth-order valence-electron chi connectivity index (χ4n) is 1.68. The minimum atomic E-state index is -0.960. The summed E-state index contributed by atoms with van der Waals surface area (Å²) < 4.78 is 5.06. The zero-order valence-corrected chi connectivity index (χ0v) is 10.0. The Morgan fingerprint density at radius 3 is 2.67 bits per heavy atom. The van der Waals surface area contributed by atoms with Gasteiger partial charge in [-0.2, -0.15) is 0 Å². The maximum absolute atomic E-state index is 10.8. The summed E-state index contributed by atoms with van der Waals surface area (Å²) in [4.78, 5) is 10.3. The van der Waals surface area contributed by atoms with Crippen LogP contribution in [0.2, 0.25) is 5.22 Å². The second-order valence-corrected chi connectivity index (χ2v) is 4.12. The summed E-state index contributed by atoms with van der Waals surface area (Å²) in [6, 6.07) is 9.33. The standard InChI is InChI=1S/C12H10ClNO4/c13-12-6-5-11(18-12)10(15)7-8-3-1-2-4-9(8)14(16)17/h1-6,10,15H,7H2. The van der Waals surface area contributed by atoms with Crippen molar-refractivity contribution in [3.63, 3.8) is 0 Å². The molecule has 1 atom stereocenters. The fraction of sp³-hybridized carbons (Fsp3) is 0.167. The first-order valence-electron chi connectivity index (χ1n) is 5.23. The molecule has 0 saturated carbocycles. The molecule has 94 valence electrons. The lowest BCUT2D eigenvalue weighted by atomic mass is 10.0. The summed E-state index contributed by atoms with van der Waals surface area (Å²) in [6.45, 7) is 0. The molecule has 2 rings (SSSR count). The number of nitro groups is 1. The van der Waals surface area contributed by atoms with Gasteiger partial charge >= 0.3 is 0 Å². The Bertz CT molecular complexity index is 567. The van der Waals surface area contributed by atoms with Crippen LogP contribution in [-0.4, -0.2) is 10.0 Å². The normalized spacial score (nSPS) is 12.3. The van der Waals surface area contributed by atoms with Gasteiger partial charge in [0.05, 0.1) is 4.92 Å². The molecule has 18 heavy (non-hydrogen) atoms. The highest BCUT2D eigenvalue weighted by Crippen LogP contribution is 2.26. The van der Waals surface area contributed by atoms with Crippen LogP contribution in [0.5, 0.6) is 0 Å². The van der Waals surface area contributed by atoms with Gasteiger partial charge in [-0.05, 0) is 23.7 Å². The molecule has 0 saturated heterocycles. The van der Waals surface area contributed by atoms with E-state index in [4.69, 9.17) is 16.0 Å². The van der Waals surface area contributed by atoms with E-state index in [1.807, 2.05) is 0 Å². The molecule has 2 aromatic rings. The highest BCUT2D eigenvalue weighted by atomic mass is 35.5. The number of rotatable bonds is 4. The molecule has 1 unspecified atom stereocenters. The van der Waals surface area contributed by atoms with Crippen LogP contribution in [0.4, 0.5) is 5.69 Å². The van der Waals surface area contributed by atoms with Gasteiger partial charge in [-0.15, -0.1) is 0 Å². The number of hydrogen-bond acceptors (Lipinski definition) is 4. The molecular formula is C12H10ClNO4. The Labute approximate surface area is 108 Å². The molecule has 0 fully saturated rings. The number of furan rings is 1. The van der Waals surface area contributed by atoms with Gasteiger partial charge in [0, 0.05) is 18.1 Å². The molecule has 1 heterocycles. The van der Waals surface area contributed by atoms with Gasteiger partial charge in [0.25, 0.3) is 5.69 Å². The summed E-state index contributed by atoms with van der Waals surface area (Å²) in [5.41, 5.74) is 0.428. The highest BCUT2D eigenvalue weighted by molar-refractivity contribution is 6.28. The summed E-state index contributed by atoms with van der Waals surface area (Å²) in [7, 11) is 0. The molecule has 0 aliphatic carbocycles. The molecule has 5 nitrogen and oxygen atoms in total. The first kappa shape index (κ1) is 12.6. The van der Waals surface area contributed by atoms with E-state index in [-0.39, 0.29) is 23.1 Å². The topological polar surface area (TPSA) is 76.5 Å². The van der Waals surface area contributed by atoms with Crippen molar-refractivity contribution < 1.29 is 14.4 Å². The predicted molar refractivity (Wildman–Crippen MR) is 65.5 cm³/mol. The first-order valence-corrected chi connectivity index (χ1v) is 5.61. The Morgan fingerprint density at radius 2 is 2.06 bits per heavy atom. The van der Waals surface area contributed by atoms with Crippen molar-refractivity contribution in [1.29, 1.82) is 0 Å². The van der Waals surface area contributed by atoms with Crippen LogP contribution < -0.4 is 0 Å². The van der Waals surface area contributed by atoms with Gasteiger partial charge in [0.1, 0.15) is 11.9 Å². The summed E-state index contributed by atoms with van der Waals surface area (Å²) >= 11 is 5.60. The number of nitro benzene ring substituents is 1. The van der Waals surface area contributed by atoms with Crippen molar-refractivity contribution in [3.8, 4) is 0 Å². The average molecular weight is 268 g/mol. The maximum Gasteiger partial charge on any atom is 0.272 e. The predicted octanol–water partition coefficient (Wildman–Crippen LogP) is 3.12. The van der Waals surface area contributed by atoms with Crippen LogP contribution >= 0.6 is 11.6 Å². The smallest absolute Gasteiger partial charge is 0.272 e. The Balaban J connectivity index is 2.21. The second-order valence-electron chi connectivity index (χ2n) is 3.75. The maximum atomic E-state index is 10.8. The lowest BCUT2D eigenvalue weighted by Crippen LogP contribution is -2.03. The van der Waals surface area contributed by atoms with Crippen molar-refractivity contribution in [2.75, 3.05) is 0 Å². The molecule has 6 heteroatoms. The van der Waals surface area contributed by atoms with Crippen LogP contribution in [0.15, 0.2) is 40.8 Å². The lowest BCUT2D eigenvalue weighted by molar-refractivity contribution is -0.385. The molecule has 0 aliphatic heterocycles. The largest absolute Gasteiger partial charge is 0.447 e. The number of benzene rings is 1. The van der Waals surface area contributed by atoms with E-state index in [2.05, 4.69) is 0 Å². The van der Waals surface area contributed by atoms with E-state index in [9.17, 15) is 15.2 Å². The Morgan fingerprint density at radius 1 is 1.33 bits per heavy atom. The molecule has 0 bridgehead atoms. The highest BCUT2D eigenvalue weighted by Gasteiger charge is 2.19. The molecule has 0 aliphatic rings. The molecular weight excluding hydrogens is 258 g/mol. The van der Waals surface area contributed by atoms with E-state index in [1.165, 1.54) is 12.1 Å². The lowest BCUT2D eigenvalue weighted by Gasteiger charge is -2.07. The fourth-order valence-corrected chi connectivity index (χ4v) is 1.83. The third-order valence-corrected chi connectivity index (χ3v) is 2.73. The Hall–Kier alpha value is -1.85. The van der Waals surface area contributed by atoms with E-state index in [0.717, 1.165) is 0 Å². The van der Waals surface area contributed by atoms with E-state index in [1.54, 1.807) is 24.3 Å². The molecule has 0 spiro atoms. The van der Waals surface area contributed by atoms with Crippen molar-refractivity contribution in [2.45, 2.75) is 12.5 Å². The zero-order valence-electron chi connectivity index (χ0n) is 9.25. The minimum absolute atomic E-state index is 0.0193. The average Bonchev–Trinajstić information content (AvgIpc) is 2.76. The third kappa shape index (κ3) is 2.69. The number of halogens is 1. The van der Waals surface area contributed by atoms with Gasteiger partial charge in [0.2, 0.25) is 0 Å². The molecule has 1 N–H and O–H groups in total. The second kappa shape index (κ2) is 5.20. The van der Waals surface area contributed by atoms with E-state index >= 15 is 0 Å².